The molecule has 0 aromatic carbocycles. The quantitative estimate of drug-likeness (QED) is 0.661. The highest BCUT2D eigenvalue weighted by atomic mass is 16.3. The van der Waals surface area contributed by atoms with E-state index in [1.54, 1.807) is 4.90 Å². The Morgan fingerprint density at radius 1 is 1.53 bits per heavy atom. The molecule has 4 heteroatoms. The fourth-order valence-electron chi connectivity index (χ4n) is 1.86. The van der Waals surface area contributed by atoms with Crippen LogP contribution in [0.2, 0.25) is 0 Å². The smallest absolute Gasteiger partial charge is 0.240 e. The summed E-state index contributed by atoms with van der Waals surface area (Å²) in [6.45, 7) is 8.22. The Bertz CT molecular complexity index is 247. The van der Waals surface area contributed by atoms with Gasteiger partial charge in [0, 0.05) is 12.6 Å². The van der Waals surface area contributed by atoms with Crippen molar-refractivity contribution in [3.05, 3.63) is 0 Å². The largest absolute Gasteiger partial charge is 0.391 e. The molecule has 1 saturated heterocycles. The lowest BCUT2D eigenvalue weighted by Crippen LogP contribution is -2.51. The van der Waals surface area contributed by atoms with Crippen molar-refractivity contribution < 1.29 is 9.90 Å². The Morgan fingerprint density at radius 2 is 2.07 bits per heavy atom. The first-order valence-electron chi connectivity index (χ1n) is 5.47. The van der Waals surface area contributed by atoms with E-state index < -0.39 is 12.1 Å². The molecule has 3 N–H and O–H groups in total. The van der Waals surface area contributed by atoms with Crippen LogP contribution in [0.1, 0.15) is 34.1 Å². The number of amides is 1. The average molecular weight is 214 g/mol. The predicted octanol–water partition coefficient (Wildman–Crippen LogP) is 0.341. The highest BCUT2D eigenvalue weighted by Gasteiger charge is 2.37. The second kappa shape index (κ2) is 4.10. The molecule has 15 heavy (non-hydrogen) atoms. The van der Waals surface area contributed by atoms with Gasteiger partial charge >= 0.3 is 0 Å². The van der Waals surface area contributed by atoms with E-state index in [4.69, 9.17) is 5.73 Å². The molecule has 1 amide bonds. The van der Waals surface area contributed by atoms with Crippen molar-refractivity contribution in [2.24, 2.45) is 11.1 Å². The van der Waals surface area contributed by atoms with Gasteiger partial charge in [0.05, 0.1) is 12.1 Å². The maximum Gasteiger partial charge on any atom is 0.240 e. The highest BCUT2D eigenvalue weighted by Crippen LogP contribution is 2.24. The third kappa shape index (κ3) is 2.69. The molecule has 88 valence electrons. The van der Waals surface area contributed by atoms with Gasteiger partial charge in [0.15, 0.2) is 0 Å². The number of aliphatic hydroxyl groups is 1. The summed E-state index contributed by atoms with van der Waals surface area (Å²) < 4.78 is 0. The number of nitrogens with zero attached hydrogens (tertiary/aromatic N) is 1. The molecular weight excluding hydrogens is 192 g/mol. The molecule has 0 spiro atoms. The molecule has 0 radical (unpaired) electrons. The lowest BCUT2D eigenvalue weighted by atomic mass is 9.86. The number of hydrogen-bond acceptors (Lipinski definition) is 3. The molecule has 1 aliphatic heterocycles. The van der Waals surface area contributed by atoms with Crippen LogP contribution < -0.4 is 5.73 Å². The minimum Gasteiger partial charge on any atom is -0.391 e. The van der Waals surface area contributed by atoms with Gasteiger partial charge in [0.25, 0.3) is 0 Å². The maximum atomic E-state index is 12.0. The zero-order valence-electron chi connectivity index (χ0n) is 10.0. The fourth-order valence-corrected chi connectivity index (χ4v) is 1.86. The summed E-state index contributed by atoms with van der Waals surface area (Å²) in [7, 11) is 0. The number of nitrogens with two attached hydrogens (primary N) is 1. The minimum atomic E-state index is -0.495. The molecule has 1 aliphatic rings. The van der Waals surface area contributed by atoms with Gasteiger partial charge in [-0.3, -0.25) is 4.79 Å². The molecule has 0 aliphatic carbocycles. The van der Waals surface area contributed by atoms with E-state index in [-0.39, 0.29) is 17.4 Å². The number of hydrogen-bond donors (Lipinski definition) is 2. The third-order valence-electron chi connectivity index (χ3n) is 3.03. The normalized spacial score (nSPS) is 29.3. The van der Waals surface area contributed by atoms with E-state index in [9.17, 15) is 9.90 Å². The van der Waals surface area contributed by atoms with Gasteiger partial charge in [-0.25, -0.2) is 0 Å². The molecule has 0 saturated carbocycles. The van der Waals surface area contributed by atoms with Crippen LogP contribution in [-0.2, 0) is 4.79 Å². The first kappa shape index (κ1) is 12.5. The van der Waals surface area contributed by atoms with Crippen LogP contribution in [0, 0.1) is 5.41 Å². The summed E-state index contributed by atoms with van der Waals surface area (Å²) in [6.07, 6.45) is 0.263. The summed E-state index contributed by atoms with van der Waals surface area (Å²) >= 11 is 0. The van der Waals surface area contributed by atoms with E-state index in [0.29, 0.717) is 13.0 Å². The van der Waals surface area contributed by atoms with E-state index >= 15 is 0 Å². The third-order valence-corrected chi connectivity index (χ3v) is 3.03. The Balaban J connectivity index is 2.69. The van der Waals surface area contributed by atoms with Crippen LogP contribution in [0.5, 0.6) is 0 Å². The number of likely N-dealkylation sites (tertiary alicyclic amines) is 1. The Morgan fingerprint density at radius 3 is 2.40 bits per heavy atom. The molecule has 1 rings (SSSR count). The molecule has 1 fully saturated rings. The van der Waals surface area contributed by atoms with Crippen molar-refractivity contribution in [1.29, 1.82) is 0 Å². The number of aliphatic hydroxyl groups excluding tert-OH is 1. The van der Waals surface area contributed by atoms with E-state index in [2.05, 4.69) is 0 Å². The van der Waals surface area contributed by atoms with Crippen LogP contribution in [-0.4, -0.2) is 40.6 Å². The van der Waals surface area contributed by atoms with Gasteiger partial charge in [0.1, 0.15) is 0 Å². The molecular formula is C11H22N2O2. The zero-order chi connectivity index (χ0) is 11.8. The number of β-amino-alcohol motifs (C(OH)–C–C–N with tert-alkyl or cyclic N) is 1. The monoisotopic (exact) mass is 214 g/mol. The Labute approximate surface area is 91.4 Å². The summed E-state index contributed by atoms with van der Waals surface area (Å²) in [5, 5.41) is 9.47. The SMILES string of the molecule is C[C@@H]1C[C@@H](O)CN1C(=O)[C@@H](N)C(C)(C)C. The molecule has 0 bridgehead atoms. The fraction of sp³-hybridized carbons (Fsp3) is 0.909. The molecule has 0 aromatic rings. The Kier molecular flexibility index (Phi) is 3.41. The van der Waals surface area contributed by atoms with Crippen molar-refractivity contribution >= 4 is 5.91 Å². The first-order valence-corrected chi connectivity index (χ1v) is 5.47. The van der Waals surface area contributed by atoms with Crippen LogP contribution in [0.3, 0.4) is 0 Å². The van der Waals surface area contributed by atoms with Gasteiger partial charge in [-0.1, -0.05) is 20.8 Å². The van der Waals surface area contributed by atoms with Crippen LogP contribution >= 0.6 is 0 Å². The van der Waals surface area contributed by atoms with Gasteiger partial charge in [-0.2, -0.15) is 0 Å². The topological polar surface area (TPSA) is 66.6 Å². The van der Waals surface area contributed by atoms with Crippen molar-refractivity contribution in [2.75, 3.05) is 6.54 Å². The Hall–Kier alpha value is -0.610. The molecule has 4 nitrogen and oxygen atoms in total. The van der Waals surface area contributed by atoms with Crippen molar-refractivity contribution in [3.8, 4) is 0 Å². The molecule has 0 unspecified atom stereocenters. The second-order valence-electron chi connectivity index (χ2n) is 5.57. The second-order valence-corrected chi connectivity index (χ2v) is 5.57. The molecule has 1 heterocycles. The van der Waals surface area contributed by atoms with Gasteiger partial charge < -0.3 is 15.7 Å². The zero-order valence-corrected chi connectivity index (χ0v) is 10.0. The first-order chi connectivity index (χ1) is 6.73. The molecule has 3 atom stereocenters. The highest BCUT2D eigenvalue weighted by molar-refractivity contribution is 5.83. The summed E-state index contributed by atoms with van der Waals surface area (Å²) in [5.74, 6) is -0.0495. The van der Waals surface area contributed by atoms with Gasteiger partial charge in [-0.15, -0.1) is 0 Å². The van der Waals surface area contributed by atoms with Crippen LogP contribution in [0.4, 0.5) is 0 Å². The summed E-state index contributed by atoms with van der Waals surface area (Å²) in [5.41, 5.74) is 5.68. The van der Waals surface area contributed by atoms with E-state index in [1.807, 2.05) is 27.7 Å². The number of carbonyl (C=O) groups is 1. The van der Waals surface area contributed by atoms with Crippen LogP contribution in [0.25, 0.3) is 0 Å². The lowest BCUT2D eigenvalue weighted by Gasteiger charge is -2.31. The van der Waals surface area contributed by atoms with Crippen molar-refractivity contribution in [2.45, 2.75) is 52.3 Å². The van der Waals surface area contributed by atoms with E-state index in [1.165, 1.54) is 0 Å². The average Bonchev–Trinajstić information content (AvgIpc) is 2.41. The van der Waals surface area contributed by atoms with E-state index in [0.717, 1.165) is 0 Å². The lowest BCUT2D eigenvalue weighted by molar-refractivity contribution is -0.135. The van der Waals surface area contributed by atoms with Gasteiger partial charge in [0.2, 0.25) is 5.91 Å². The maximum absolute atomic E-state index is 12.0. The molecule has 0 aromatic heterocycles. The minimum absolute atomic E-state index is 0.0495. The summed E-state index contributed by atoms with van der Waals surface area (Å²) in [4.78, 5) is 13.7. The van der Waals surface area contributed by atoms with Crippen molar-refractivity contribution in [1.82, 2.24) is 4.90 Å². The van der Waals surface area contributed by atoms with Crippen molar-refractivity contribution in [3.63, 3.8) is 0 Å². The van der Waals surface area contributed by atoms with Gasteiger partial charge in [-0.05, 0) is 18.8 Å². The number of carbonyl (C=O) groups excluding carboxylic acids is 1. The standard InChI is InChI=1S/C11H22N2O2/c1-7-5-8(14)6-13(7)10(15)9(12)11(2,3)4/h7-9,14H,5-6,12H2,1-4H3/t7-,8-,9-/m1/s1. The number of rotatable bonds is 1. The summed E-state index contributed by atoms with van der Waals surface area (Å²) in [6, 6.07) is -0.397. The predicted molar refractivity (Wildman–Crippen MR) is 59.2 cm³/mol. The van der Waals surface area contributed by atoms with Crippen LogP contribution in [0.15, 0.2) is 0 Å².